The number of aliphatic hydroxyl groups is 4. The van der Waals surface area contributed by atoms with Crippen molar-refractivity contribution < 1.29 is 62.2 Å². The van der Waals surface area contributed by atoms with Crippen LogP contribution in [0.15, 0.2) is 12.7 Å². The average molecular weight is 541 g/mol. The number of fused-ring (bicyclic) bond motifs is 7. The fourth-order valence-electron chi connectivity index (χ4n) is 4.03. The van der Waals surface area contributed by atoms with Crippen LogP contribution in [0.3, 0.4) is 0 Å². The van der Waals surface area contributed by atoms with E-state index >= 15 is 0 Å². The van der Waals surface area contributed by atoms with Gasteiger partial charge < -0.3 is 39.7 Å². The number of nitrogens with one attached hydrogen (secondary N) is 1. The molecule has 2 saturated heterocycles. The lowest BCUT2D eigenvalue weighted by Gasteiger charge is -2.21. The summed E-state index contributed by atoms with van der Waals surface area (Å²) in [6.07, 6.45) is -9.71. The van der Waals surface area contributed by atoms with Crippen molar-refractivity contribution in [3.8, 4) is 0 Å². The minimum atomic E-state index is -5.26. The van der Waals surface area contributed by atoms with Gasteiger partial charge in [0.05, 0.1) is 19.5 Å². The highest BCUT2D eigenvalue weighted by atomic mass is 31.3. The SMILES string of the molecule is N=c1c2ncn3c2ncn1[C@H]1O[C@H](COP(=O)(O)OP(=O)(O)OC[C@H]2O[C@@H]3[C@@H](O)C2O)C(O)[C@@H]1O. The van der Waals surface area contributed by atoms with E-state index in [9.17, 15) is 39.3 Å². The lowest BCUT2D eigenvalue weighted by Crippen LogP contribution is -2.36. The minimum absolute atomic E-state index is 0.0169. The van der Waals surface area contributed by atoms with E-state index in [1.54, 1.807) is 0 Å². The van der Waals surface area contributed by atoms with Gasteiger partial charge in [0, 0.05) is 0 Å². The van der Waals surface area contributed by atoms with Gasteiger partial charge in [-0.1, -0.05) is 0 Å². The number of aromatic nitrogens is 4. The summed E-state index contributed by atoms with van der Waals surface area (Å²) < 4.78 is 51.1. The monoisotopic (exact) mass is 541 g/mol. The summed E-state index contributed by atoms with van der Waals surface area (Å²) in [7, 11) is -10.5. The molecule has 4 aliphatic rings. The van der Waals surface area contributed by atoms with Crippen LogP contribution in [-0.2, 0) is 32.0 Å². The summed E-state index contributed by atoms with van der Waals surface area (Å²) >= 11 is 0. The smallest absolute Gasteiger partial charge is 0.387 e. The topological polar surface area (TPSA) is 261 Å². The molecule has 2 fully saturated rings. The number of imidazole rings is 1. The molecule has 20 heteroatoms. The molecule has 0 aromatic carbocycles. The van der Waals surface area contributed by atoms with Crippen LogP contribution in [-0.4, -0.2) is 99.2 Å². The minimum Gasteiger partial charge on any atom is -0.387 e. The second kappa shape index (κ2) is 8.74. The van der Waals surface area contributed by atoms with Gasteiger partial charge in [-0.15, -0.1) is 0 Å². The predicted octanol–water partition coefficient (Wildman–Crippen LogP) is -2.79. The molecule has 0 spiro atoms. The molecule has 7 N–H and O–H groups in total. The number of phosphoric acid groups is 2. The molecule has 6 rings (SSSR count). The molecular formula is C15H21N5O13P2. The van der Waals surface area contributed by atoms with Crippen molar-refractivity contribution in [1.82, 2.24) is 19.1 Å². The number of rotatable bonds is 0. The van der Waals surface area contributed by atoms with Crippen molar-refractivity contribution in [1.29, 1.82) is 5.41 Å². The first-order valence-electron chi connectivity index (χ1n) is 10.1. The number of hydrogen-bond donors (Lipinski definition) is 7. The largest absolute Gasteiger partial charge is 0.481 e. The van der Waals surface area contributed by atoms with E-state index < -0.39 is 77.9 Å². The first-order chi connectivity index (χ1) is 16.4. The molecule has 4 aliphatic heterocycles. The first-order valence-corrected chi connectivity index (χ1v) is 13.0. The molecule has 10 atom stereocenters. The molecule has 0 radical (unpaired) electrons. The number of aliphatic hydroxyl groups excluding tert-OH is 4. The Balaban J connectivity index is 1.58. The van der Waals surface area contributed by atoms with Crippen molar-refractivity contribution in [2.45, 2.75) is 49.1 Å². The van der Waals surface area contributed by atoms with E-state index in [1.807, 2.05) is 0 Å². The molecule has 6 heterocycles. The maximum Gasteiger partial charge on any atom is 0.481 e. The fourth-order valence-corrected chi connectivity index (χ4v) is 6.12. The standard InChI is InChI=1S/C15H21N5O13P2/c16-12-7-13-18-4-19(12)14-10(23)8(21)5(31-14)1-29-34(25,26)33-35(27,28)30-2-6-9(22)11(24)15(32-6)20(13)3-17-7/h3-6,8-11,14-16,21-24H,1-2H2,(H,25,26)(H,27,28)/t5-,6-,8?,9?,10+,11+,14+,15-/m1/s1. The molecule has 0 amide bonds. The van der Waals surface area contributed by atoms with E-state index in [0.717, 1.165) is 10.9 Å². The lowest BCUT2D eigenvalue weighted by molar-refractivity contribution is -0.0565. The van der Waals surface area contributed by atoms with Gasteiger partial charge in [-0.3, -0.25) is 23.6 Å². The Morgan fingerprint density at radius 3 is 1.86 bits per heavy atom. The Hall–Kier alpha value is -1.63. The fraction of sp³-hybridized carbons (Fsp3) is 0.667. The van der Waals surface area contributed by atoms with Crippen LogP contribution in [0.4, 0.5) is 0 Å². The van der Waals surface area contributed by atoms with Crippen molar-refractivity contribution >= 4 is 26.8 Å². The highest BCUT2D eigenvalue weighted by molar-refractivity contribution is 7.61. The number of hydrogen-bond acceptors (Lipinski definition) is 14. The van der Waals surface area contributed by atoms with Gasteiger partial charge in [-0.25, -0.2) is 19.1 Å². The maximum absolute atomic E-state index is 12.2. The Kier molecular flexibility index (Phi) is 6.25. The predicted molar refractivity (Wildman–Crippen MR) is 106 cm³/mol. The maximum atomic E-state index is 12.2. The molecular weight excluding hydrogens is 520 g/mol. The number of nitrogens with zero attached hydrogens (tertiary/aromatic N) is 4. The van der Waals surface area contributed by atoms with Crippen molar-refractivity contribution in [2.75, 3.05) is 13.2 Å². The van der Waals surface area contributed by atoms with Gasteiger partial charge in [-0.2, -0.15) is 4.31 Å². The third kappa shape index (κ3) is 4.40. The van der Waals surface area contributed by atoms with Gasteiger partial charge >= 0.3 is 15.6 Å². The molecule has 0 saturated carbocycles. The van der Waals surface area contributed by atoms with Crippen molar-refractivity contribution in [3.05, 3.63) is 18.1 Å². The van der Waals surface area contributed by atoms with Crippen LogP contribution in [0.25, 0.3) is 11.2 Å². The van der Waals surface area contributed by atoms with Crippen molar-refractivity contribution in [3.63, 3.8) is 0 Å². The number of ether oxygens (including phenoxy) is 2. The summed E-state index contributed by atoms with van der Waals surface area (Å²) in [6.45, 7) is -1.70. The van der Waals surface area contributed by atoms with E-state index in [0.29, 0.717) is 0 Å². The highest BCUT2D eigenvalue weighted by Gasteiger charge is 2.48. The summed E-state index contributed by atoms with van der Waals surface area (Å²) in [4.78, 5) is 27.9. The van der Waals surface area contributed by atoms with Crippen LogP contribution >= 0.6 is 15.6 Å². The van der Waals surface area contributed by atoms with Gasteiger partial charge in [0.25, 0.3) is 0 Å². The normalized spacial score (nSPS) is 44.6. The van der Waals surface area contributed by atoms with E-state index in [-0.39, 0.29) is 16.7 Å². The second-order valence-corrected chi connectivity index (χ2v) is 11.1. The lowest BCUT2D eigenvalue weighted by atomic mass is 10.1. The third-order valence-electron chi connectivity index (χ3n) is 5.79. The Morgan fingerprint density at radius 2 is 1.31 bits per heavy atom. The van der Waals surface area contributed by atoms with E-state index in [4.69, 9.17) is 14.9 Å². The third-order valence-corrected chi connectivity index (χ3v) is 8.39. The van der Waals surface area contributed by atoms with Crippen molar-refractivity contribution in [2.24, 2.45) is 0 Å². The summed E-state index contributed by atoms with van der Waals surface area (Å²) in [5, 5.41) is 50.0. The van der Waals surface area contributed by atoms with Crippen LogP contribution in [0.2, 0.25) is 0 Å². The summed E-state index contributed by atoms with van der Waals surface area (Å²) in [5.41, 5.74) is -0.273. The Bertz CT molecular complexity index is 1290. The quantitative estimate of drug-likeness (QED) is 0.166. The molecule has 2 aromatic rings. The van der Waals surface area contributed by atoms with Crippen LogP contribution in [0, 0.1) is 5.41 Å². The zero-order valence-corrected chi connectivity index (χ0v) is 19.2. The average Bonchev–Trinajstić information content (AvgIpc) is 3.41. The van der Waals surface area contributed by atoms with Gasteiger partial charge in [0.15, 0.2) is 29.1 Å². The van der Waals surface area contributed by atoms with E-state index in [1.165, 1.54) is 10.9 Å². The van der Waals surface area contributed by atoms with E-state index in [2.05, 4.69) is 23.3 Å². The van der Waals surface area contributed by atoms with Gasteiger partial charge in [0.1, 0.15) is 43.0 Å². The zero-order valence-electron chi connectivity index (χ0n) is 17.4. The first kappa shape index (κ1) is 25.0. The molecule has 8 bridgehead atoms. The Labute approximate surface area is 194 Å². The molecule has 2 aromatic heterocycles. The zero-order chi connectivity index (χ0) is 25.3. The second-order valence-electron chi connectivity index (χ2n) is 8.03. The summed E-state index contributed by atoms with van der Waals surface area (Å²) in [6, 6.07) is 0. The van der Waals surface area contributed by atoms with Crippen LogP contribution < -0.4 is 5.49 Å². The number of phosphoric ester groups is 2. The highest BCUT2D eigenvalue weighted by Crippen LogP contribution is 2.60. The molecule has 35 heavy (non-hydrogen) atoms. The molecule has 18 nitrogen and oxygen atoms in total. The summed E-state index contributed by atoms with van der Waals surface area (Å²) in [5.74, 6) is 0. The molecule has 194 valence electrons. The van der Waals surface area contributed by atoms with Gasteiger partial charge in [-0.05, 0) is 0 Å². The van der Waals surface area contributed by atoms with Crippen LogP contribution in [0.5, 0.6) is 0 Å². The molecule has 0 aliphatic carbocycles. The van der Waals surface area contributed by atoms with Gasteiger partial charge in [0.2, 0.25) is 0 Å². The Morgan fingerprint density at radius 1 is 0.829 bits per heavy atom. The van der Waals surface area contributed by atoms with Crippen LogP contribution in [0.1, 0.15) is 12.5 Å². The molecule has 4 unspecified atom stereocenters.